The number of likely N-dealkylation sites (tertiary alicyclic amines) is 1. The van der Waals surface area contributed by atoms with E-state index in [-0.39, 0.29) is 11.8 Å². The predicted molar refractivity (Wildman–Crippen MR) is 91.3 cm³/mol. The molecule has 0 radical (unpaired) electrons. The normalized spacial score (nSPS) is 17.4. The molecule has 3 aromatic rings. The Kier molecular flexibility index (Phi) is 4.20. The van der Waals surface area contributed by atoms with Gasteiger partial charge < -0.3 is 4.90 Å². The number of nitrogens with zero attached hydrogens (tertiary/aromatic N) is 6. The Morgan fingerprint density at radius 3 is 2.76 bits per heavy atom. The summed E-state index contributed by atoms with van der Waals surface area (Å²) in [6, 6.07) is 3.65. The first-order chi connectivity index (χ1) is 12.3. The van der Waals surface area contributed by atoms with Gasteiger partial charge in [0.1, 0.15) is 12.1 Å². The van der Waals surface area contributed by atoms with Crippen LogP contribution in [0.4, 0.5) is 0 Å². The SMILES string of the molecule is O=C(c1ccc(-n2ccnc2)nc1)N1CCC[C@@H](c2cnccn2)C1. The minimum Gasteiger partial charge on any atom is -0.338 e. The number of imidazole rings is 1. The molecule has 1 fully saturated rings. The minimum absolute atomic E-state index is 0.0123. The molecule has 4 heterocycles. The molecule has 0 aliphatic carbocycles. The third-order valence-corrected chi connectivity index (χ3v) is 4.47. The average Bonchev–Trinajstić information content (AvgIpc) is 3.23. The van der Waals surface area contributed by atoms with Crippen LogP contribution in [0, 0.1) is 0 Å². The van der Waals surface area contributed by atoms with Crippen molar-refractivity contribution in [2.75, 3.05) is 13.1 Å². The number of aromatic nitrogens is 5. The van der Waals surface area contributed by atoms with Crippen LogP contribution in [-0.4, -0.2) is 48.4 Å². The van der Waals surface area contributed by atoms with Crippen molar-refractivity contribution in [3.05, 3.63) is 66.9 Å². The summed E-state index contributed by atoms with van der Waals surface area (Å²) in [5.41, 5.74) is 1.55. The minimum atomic E-state index is 0.0123. The van der Waals surface area contributed by atoms with Gasteiger partial charge in [-0.25, -0.2) is 9.97 Å². The van der Waals surface area contributed by atoms with E-state index in [0.717, 1.165) is 30.9 Å². The first-order valence-corrected chi connectivity index (χ1v) is 8.31. The van der Waals surface area contributed by atoms with Crippen molar-refractivity contribution in [2.45, 2.75) is 18.8 Å². The van der Waals surface area contributed by atoms with Gasteiger partial charge in [0.15, 0.2) is 0 Å². The molecule has 1 atom stereocenters. The highest BCUT2D eigenvalue weighted by molar-refractivity contribution is 5.94. The molecule has 0 spiro atoms. The van der Waals surface area contributed by atoms with Crippen LogP contribution in [0.25, 0.3) is 5.82 Å². The molecular formula is C18H18N6O. The van der Waals surface area contributed by atoms with E-state index >= 15 is 0 Å². The van der Waals surface area contributed by atoms with E-state index in [2.05, 4.69) is 19.9 Å². The molecule has 0 aromatic carbocycles. The van der Waals surface area contributed by atoms with Crippen LogP contribution in [0.2, 0.25) is 0 Å². The Labute approximate surface area is 145 Å². The third kappa shape index (κ3) is 3.26. The Balaban J connectivity index is 1.48. The Morgan fingerprint density at radius 1 is 1.08 bits per heavy atom. The van der Waals surface area contributed by atoms with Crippen molar-refractivity contribution in [1.82, 2.24) is 29.4 Å². The van der Waals surface area contributed by atoms with E-state index in [0.29, 0.717) is 12.1 Å². The molecule has 1 saturated heterocycles. The molecule has 7 heteroatoms. The highest BCUT2D eigenvalue weighted by atomic mass is 16.2. The van der Waals surface area contributed by atoms with Gasteiger partial charge in [-0.15, -0.1) is 0 Å². The molecule has 0 N–H and O–H groups in total. The number of piperidine rings is 1. The highest BCUT2D eigenvalue weighted by Gasteiger charge is 2.26. The Bertz CT molecular complexity index is 832. The van der Waals surface area contributed by atoms with Crippen molar-refractivity contribution in [2.24, 2.45) is 0 Å². The first-order valence-electron chi connectivity index (χ1n) is 8.31. The lowest BCUT2D eigenvalue weighted by atomic mass is 9.94. The molecule has 1 aliphatic rings. The van der Waals surface area contributed by atoms with Crippen molar-refractivity contribution >= 4 is 5.91 Å². The second kappa shape index (κ2) is 6.80. The molecule has 0 saturated carbocycles. The number of rotatable bonds is 3. The van der Waals surface area contributed by atoms with E-state index in [4.69, 9.17) is 0 Å². The first kappa shape index (κ1) is 15.4. The monoisotopic (exact) mass is 334 g/mol. The summed E-state index contributed by atoms with van der Waals surface area (Å²) in [6.07, 6.45) is 14.0. The van der Waals surface area contributed by atoms with Gasteiger partial charge in [0.25, 0.3) is 5.91 Å². The van der Waals surface area contributed by atoms with Gasteiger partial charge in [0.05, 0.1) is 11.3 Å². The molecule has 126 valence electrons. The van der Waals surface area contributed by atoms with Crippen molar-refractivity contribution in [3.8, 4) is 5.82 Å². The Hall–Kier alpha value is -3.09. The van der Waals surface area contributed by atoms with E-state index in [1.165, 1.54) is 0 Å². The maximum atomic E-state index is 12.8. The largest absolute Gasteiger partial charge is 0.338 e. The molecule has 0 bridgehead atoms. The van der Waals surface area contributed by atoms with Gasteiger partial charge in [0.2, 0.25) is 0 Å². The fourth-order valence-corrected chi connectivity index (χ4v) is 3.17. The quantitative estimate of drug-likeness (QED) is 0.733. The molecule has 1 aliphatic heterocycles. The van der Waals surface area contributed by atoms with Crippen LogP contribution in [0.5, 0.6) is 0 Å². The second-order valence-corrected chi connectivity index (χ2v) is 6.10. The average molecular weight is 334 g/mol. The fraction of sp³-hybridized carbons (Fsp3) is 0.278. The maximum Gasteiger partial charge on any atom is 0.255 e. The van der Waals surface area contributed by atoms with Gasteiger partial charge in [-0.3, -0.25) is 19.3 Å². The van der Waals surface area contributed by atoms with Crippen LogP contribution in [0.15, 0.2) is 55.6 Å². The zero-order valence-electron chi connectivity index (χ0n) is 13.7. The molecule has 25 heavy (non-hydrogen) atoms. The van der Waals surface area contributed by atoms with Gasteiger partial charge in [0, 0.05) is 56.2 Å². The van der Waals surface area contributed by atoms with E-state index in [1.54, 1.807) is 41.9 Å². The summed E-state index contributed by atoms with van der Waals surface area (Å²) in [6.45, 7) is 1.43. The molecule has 0 unspecified atom stereocenters. The molecule has 4 rings (SSSR count). The second-order valence-electron chi connectivity index (χ2n) is 6.10. The fourth-order valence-electron chi connectivity index (χ4n) is 3.17. The molecule has 3 aromatic heterocycles. The van der Waals surface area contributed by atoms with Crippen molar-refractivity contribution < 1.29 is 4.79 Å². The number of hydrogen-bond donors (Lipinski definition) is 0. The number of hydrogen-bond acceptors (Lipinski definition) is 5. The van der Waals surface area contributed by atoms with Crippen molar-refractivity contribution in [3.63, 3.8) is 0 Å². The van der Waals surface area contributed by atoms with Crippen LogP contribution >= 0.6 is 0 Å². The smallest absolute Gasteiger partial charge is 0.255 e. The zero-order chi connectivity index (χ0) is 17.1. The maximum absolute atomic E-state index is 12.8. The summed E-state index contributed by atoms with van der Waals surface area (Å²) >= 11 is 0. The molecular weight excluding hydrogens is 316 g/mol. The van der Waals surface area contributed by atoms with E-state index in [9.17, 15) is 4.79 Å². The van der Waals surface area contributed by atoms with Crippen LogP contribution in [0.1, 0.15) is 34.8 Å². The summed E-state index contributed by atoms with van der Waals surface area (Å²) in [5, 5.41) is 0. The lowest BCUT2D eigenvalue weighted by Gasteiger charge is -2.32. The summed E-state index contributed by atoms with van der Waals surface area (Å²) in [4.78, 5) is 31.6. The van der Waals surface area contributed by atoms with E-state index in [1.807, 2.05) is 23.2 Å². The van der Waals surface area contributed by atoms with Crippen LogP contribution < -0.4 is 0 Å². The predicted octanol–water partition coefficient (Wildman–Crippen LogP) is 2.08. The van der Waals surface area contributed by atoms with Crippen LogP contribution in [-0.2, 0) is 0 Å². The standard InChI is InChI=1S/C18H18N6O/c25-18(14-3-4-17(22-10-14)24-9-7-20-13-24)23-8-1-2-15(12-23)16-11-19-5-6-21-16/h3-7,9-11,13,15H,1-2,8,12H2/t15-/m1/s1. The third-order valence-electron chi connectivity index (χ3n) is 4.47. The number of carbonyl (C=O) groups is 1. The topological polar surface area (TPSA) is 76.8 Å². The van der Waals surface area contributed by atoms with Gasteiger partial charge in [-0.05, 0) is 25.0 Å². The van der Waals surface area contributed by atoms with Gasteiger partial charge >= 0.3 is 0 Å². The van der Waals surface area contributed by atoms with Gasteiger partial charge in [-0.2, -0.15) is 0 Å². The lowest BCUT2D eigenvalue weighted by Crippen LogP contribution is -2.39. The highest BCUT2D eigenvalue weighted by Crippen LogP contribution is 2.25. The summed E-state index contributed by atoms with van der Waals surface area (Å²) < 4.78 is 1.80. The van der Waals surface area contributed by atoms with Crippen molar-refractivity contribution in [1.29, 1.82) is 0 Å². The summed E-state index contributed by atoms with van der Waals surface area (Å²) in [7, 11) is 0. The number of carbonyl (C=O) groups excluding carboxylic acids is 1. The lowest BCUT2D eigenvalue weighted by molar-refractivity contribution is 0.0705. The summed E-state index contributed by atoms with van der Waals surface area (Å²) in [5.74, 6) is 0.994. The Morgan fingerprint density at radius 2 is 2.04 bits per heavy atom. The molecule has 7 nitrogen and oxygen atoms in total. The van der Waals surface area contributed by atoms with Crippen LogP contribution in [0.3, 0.4) is 0 Å². The van der Waals surface area contributed by atoms with Gasteiger partial charge in [-0.1, -0.05) is 0 Å². The van der Waals surface area contributed by atoms with E-state index < -0.39 is 0 Å². The molecule has 1 amide bonds. The zero-order valence-corrected chi connectivity index (χ0v) is 13.7. The number of amides is 1. The number of pyridine rings is 1.